The topological polar surface area (TPSA) is 67.2 Å². The molecule has 204 valence electrons. The third-order valence-corrected chi connectivity index (χ3v) is 8.26. The number of hydrogen-bond donors (Lipinski definition) is 2. The van der Waals surface area contributed by atoms with Crippen LogP contribution in [-0.2, 0) is 13.1 Å². The number of nitrogens with one attached hydrogen (secondary N) is 2. The Kier molecular flexibility index (Phi) is 8.22. The summed E-state index contributed by atoms with van der Waals surface area (Å²) in [7, 11) is 1.65. The maximum absolute atomic E-state index is 13.2. The summed E-state index contributed by atoms with van der Waals surface area (Å²) in [5, 5.41) is 14.4. The normalized spacial score (nSPS) is 18.9. The predicted molar refractivity (Wildman–Crippen MR) is 138 cm³/mol. The number of hydrogen-bond acceptors (Lipinski definition) is 7. The van der Waals surface area contributed by atoms with Crippen molar-refractivity contribution in [2.75, 3.05) is 20.2 Å². The number of aromatic nitrogens is 3. The minimum absolute atomic E-state index is 0.132. The highest BCUT2D eigenvalue weighted by molar-refractivity contribution is 7.09. The molecule has 0 amide bonds. The average molecular weight is 571 g/mol. The van der Waals surface area contributed by atoms with Gasteiger partial charge in [-0.1, -0.05) is 11.6 Å². The van der Waals surface area contributed by atoms with E-state index in [2.05, 4.69) is 21.1 Å². The van der Waals surface area contributed by atoms with Gasteiger partial charge in [-0.15, -0.1) is 11.3 Å². The molecular weight excluding hydrogens is 544 g/mol. The SMILES string of the molecule is COc1ccc(Cl)c2c1CNC(c1csc(C3CCN(C=Cn4nc(C(F)F)cc4C(F)F)CC3)n1)NC2. The molecule has 3 aromatic rings. The third kappa shape index (κ3) is 5.68. The van der Waals surface area contributed by atoms with Crippen LogP contribution in [0.15, 0.2) is 29.8 Å². The fraction of sp³-hybridized carbons (Fsp3) is 0.440. The molecule has 5 rings (SSSR count). The third-order valence-electron chi connectivity index (χ3n) is 6.88. The number of fused-ring (bicyclic) bond motifs is 1. The van der Waals surface area contributed by atoms with Crippen molar-refractivity contribution < 1.29 is 22.3 Å². The Labute approximate surface area is 226 Å². The van der Waals surface area contributed by atoms with Gasteiger partial charge in [-0.3, -0.25) is 10.6 Å². The van der Waals surface area contributed by atoms with Crippen LogP contribution in [0.3, 0.4) is 0 Å². The molecule has 2 aliphatic rings. The molecule has 0 aliphatic carbocycles. The zero-order valence-electron chi connectivity index (χ0n) is 20.5. The molecule has 1 fully saturated rings. The Bertz CT molecular complexity index is 1290. The number of benzene rings is 1. The molecule has 0 bridgehead atoms. The number of methoxy groups -OCH3 is 1. The minimum Gasteiger partial charge on any atom is -0.496 e. The molecule has 2 aliphatic heterocycles. The highest BCUT2D eigenvalue weighted by Gasteiger charge is 2.26. The molecule has 1 atom stereocenters. The van der Waals surface area contributed by atoms with Crippen LogP contribution in [0.5, 0.6) is 5.75 Å². The quantitative estimate of drug-likeness (QED) is 0.336. The summed E-state index contributed by atoms with van der Waals surface area (Å²) in [6.07, 6.45) is -1.30. The minimum atomic E-state index is -2.90. The summed E-state index contributed by atoms with van der Waals surface area (Å²) >= 11 is 8.06. The Morgan fingerprint density at radius 2 is 1.82 bits per heavy atom. The van der Waals surface area contributed by atoms with Crippen LogP contribution in [0.25, 0.3) is 6.20 Å². The molecule has 0 spiro atoms. The molecule has 1 saturated heterocycles. The van der Waals surface area contributed by atoms with E-state index in [0.29, 0.717) is 31.2 Å². The molecule has 0 saturated carbocycles. The molecule has 4 heterocycles. The zero-order chi connectivity index (χ0) is 26.8. The zero-order valence-corrected chi connectivity index (χ0v) is 22.1. The fourth-order valence-electron chi connectivity index (χ4n) is 4.80. The lowest BCUT2D eigenvalue weighted by molar-refractivity contribution is 0.143. The van der Waals surface area contributed by atoms with Crippen molar-refractivity contribution in [2.45, 2.75) is 50.9 Å². The van der Waals surface area contributed by atoms with Gasteiger partial charge in [-0.05, 0) is 36.6 Å². The van der Waals surface area contributed by atoms with Gasteiger partial charge in [0.1, 0.15) is 23.3 Å². The molecular formula is C25H27ClF4N6OS. The van der Waals surface area contributed by atoms with Crippen molar-refractivity contribution in [3.8, 4) is 5.75 Å². The Hall–Kier alpha value is -2.67. The Morgan fingerprint density at radius 1 is 1.08 bits per heavy atom. The van der Waals surface area contributed by atoms with E-state index in [1.807, 2.05) is 17.0 Å². The summed E-state index contributed by atoms with van der Waals surface area (Å²) in [6.45, 7) is 2.56. The van der Waals surface area contributed by atoms with E-state index < -0.39 is 24.2 Å². The van der Waals surface area contributed by atoms with Crippen molar-refractivity contribution in [3.05, 3.63) is 68.0 Å². The molecule has 1 aromatic carbocycles. The van der Waals surface area contributed by atoms with Crippen molar-refractivity contribution in [3.63, 3.8) is 0 Å². The van der Waals surface area contributed by atoms with E-state index in [0.717, 1.165) is 51.2 Å². The first-order valence-electron chi connectivity index (χ1n) is 12.2. The first-order valence-corrected chi connectivity index (χ1v) is 13.4. The molecule has 2 N–H and O–H groups in total. The van der Waals surface area contributed by atoms with Gasteiger partial charge in [0, 0.05) is 60.5 Å². The number of alkyl halides is 4. The first-order chi connectivity index (χ1) is 18.3. The van der Waals surface area contributed by atoms with Gasteiger partial charge in [0.15, 0.2) is 0 Å². The van der Waals surface area contributed by atoms with Gasteiger partial charge >= 0.3 is 0 Å². The van der Waals surface area contributed by atoms with Crippen LogP contribution in [0, 0.1) is 0 Å². The lowest BCUT2D eigenvalue weighted by Crippen LogP contribution is -2.31. The van der Waals surface area contributed by atoms with Crippen LogP contribution >= 0.6 is 22.9 Å². The monoisotopic (exact) mass is 570 g/mol. The van der Waals surface area contributed by atoms with E-state index in [1.54, 1.807) is 24.6 Å². The molecule has 13 heteroatoms. The van der Waals surface area contributed by atoms with Crippen molar-refractivity contribution >= 4 is 29.1 Å². The van der Waals surface area contributed by atoms with Gasteiger partial charge in [0.25, 0.3) is 12.9 Å². The first kappa shape index (κ1) is 26.9. The summed E-state index contributed by atoms with van der Waals surface area (Å²) in [4.78, 5) is 6.90. The second kappa shape index (κ2) is 11.6. The summed E-state index contributed by atoms with van der Waals surface area (Å²) in [5.74, 6) is 1.08. The van der Waals surface area contributed by atoms with E-state index >= 15 is 0 Å². The number of likely N-dealkylation sites (tertiary alicyclic amines) is 1. The summed E-state index contributed by atoms with van der Waals surface area (Å²) in [5.41, 5.74) is 1.76. The molecule has 1 unspecified atom stereocenters. The lowest BCUT2D eigenvalue weighted by atomic mass is 9.98. The number of nitrogens with zero attached hydrogens (tertiary/aromatic N) is 4. The highest BCUT2D eigenvalue weighted by atomic mass is 35.5. The van der Waals surface area contributed by atoms with Crippen LogP contribution in [-0.4, -0.2) is 39.9 Å². The van der Waals surface area contributed by atoms with E-state index in [9.17, 15) is 17.6 Å². The average Bonchev–Trinajstić information content (AvgIpc) is 3.51. The smallest absolute Gasteiger partial charge is 0.282 e. The van der Waals surface area contributed by atoms with Gasteiger partial charge in [0.05, 0.1) is 17.8 Å². The van der Waals surface area contributed by atoms with Gasteiger partial charge in [-0.2, -0.15) is 5.10 Å². The van der Waals surface area contributed by atoms with Gasteiger partial charge in [-0.25, -0.2) is 27.2 Å². The van der Waals surface area contributed by atoms with Crippen LogP contribution in [0.1, 0.15) is 71.0 Å². The number of piperidine rings is 1. The highest BCUT2D eigenvalue weighted by Crippen LogP contribution is 2.34. The van der Waals surface area contributed by atoms with Gasteiger partial charge < -0.3 is 9.64 Å². The molecule has 7 nitrogen and oxygen atoms in total. The number of ether oxygens (including phenoxy) is 1. The van der Waals surface area contributed by atoms with E-state index in [-0.39, 0.29) is 12.1 Å². The van der Waals surface area contributed by atoms with Crippen LogP contribution in [0.4, 0.5) is 17.6 Å². The summed E-state index contributed by atoms with van der Waals surface area (Å²) in [6, 6.07) is 4.46. The van der Waals surface area contributed by atoms with Crippen molar-refractivity contribution in [1.29, 1.82) is 0 Å². The van der Waals surface area contributed by atoms with E-state index in [1.165, 1.54) is 6.20 Å². The Morgan fingerprint density at radius 3 is 2.50 bits per heavy atom. The molecule has 38 heavy (non-hydrogen) atoms. The maximum Gasteiger partial charge on any atom is 0.282 e. The second-order valence-corrected chi connectivity index (χ2v) is 10.5. The van der Waals surface area contributed by atoms with Crippen LogP contribution in [0.2, 0.25) is 5.02 Å². The fourth-order valence-corrected chi connectivity index (χ4v) is 6.06. The maximum atomic E-state index is 13.2. The predicted octanol–water partition coefficient (Wildman–Crippen LogP) is 6.08. The largest absolute Gasteiger partial charge is 0.496 e. The van der Waals surface area contributed by atoms with Crippen LogP contribution < -0.4 is 15.4 Å². The number of rotatable bonds is 7. The Balaban J connectivity index is 1.19. The van der Waals surface area contributed by atoms with E-state index in [4.69, 9.17) is 21.3 Å². The number of thiazole rings is 1. The molecule has 2 aromatic heterocycles. The second-order valence-electron chi connectivity index (χ2n) is 9.16. The molecule has 0 radical (unpaired) electrons. The number of halogens is 5. The lowest BCUT2D eigenvalue weighted by Gasteiger charge is -2.30. The van der Waals surface area contributed by atoms with Gasteiger partial charge in [0.2, 0.25) is 0 Å². The summed E-state index contributed by atoms with van der Waals surface area (Å²) < 4.78 is 58.5. The standard InChI is InChI=1S/C25H27ClF4N6OS/c1-37-21-3-2-17(26)15-11-31-24(32-12-16(15)21)19-13-38-25(33-19)14-4-6-35(7-5-14)8-9-36-20(23(29)30)10-18(34-36)22(27)28/h2-3,8-10,13-14,22-24,31-32H,4-7,11-12H2,1H3. The van der Waals surface area contributed by atoms with Crippen molar-refractivity contribution in [2.24, 2.45) is 0 Å². The van der Waals surface area contributed by atoms with Crippen molar-refractivity contribution in [1.82, 2.24) is 30.3 Å².